The zero-order valence-electron chi connectivity index (χ0n) is 14.6. The van der Waals surface area contributed by atoms with Gasteiger partial charge in [0.1, 0.15) is 11.3 Å². The van der Waals surface area contributed by atoms with Crippen molar-refractivity contribution in [2.45, 2.75) is 19.4 Å². The van der Waals surface area contributed by atoms with Crippen molar-refractivity contribution < 1.29 is 13.5 Å². The van der Waals surface area contributed by atoms with Gasteiger partial charge in [-0.3, -0.25) is 0 Å². The SMILES string of the molecule is COC[C@H](C)Nc1ncc2c(-c3ccc4ncc(C(F)F)n4n3)c[nH]c2n1. The lowest BCUT2D eigenvalue weighted by atomic mass is 10.2. The van der Waals surface area contributed by atoms with Gasteiger partial charge in [-0.25, -0.2) is 23.3 Å². The first-order valence-electron chi connectivity index (χ1n) is 8.29. The molecule has 0 radical (unpaired) electrons. The number of methoxy groups -OCH3 is 1. The van der Waals surface area contributed by atoms with Crippen LogP contribution >= 0.6 is 0 Å². The zero-order chi connectivity index (χ0) is 19.0. The van der Waals surface area contributed by atoms with Crippen LogP contribution < -0.4 is 5.32 Å². The molecule has 4 aromatic heterocycles. The van der Waals surface area contributed by atoms with Gasteiger partial charge >= 0.3 is 0 Å². The maximum atomic E-state index is 13.1. The van der Waals surface area contributed by atoms with E-state index in [2.05, 4.69) is 30.4 Å². The summed E-state index contributed by atoms with van der Waals surface area (Å²) in [6, 6.07) is 3.43. The van der Waals surface area contributed by atoms with Crippen LogP contribution in [0.15, 0.2) is 30.7 Å². The molecule has 4 aromatic rings. The Morgan fingerprint density at radius 1 is 1.26 bits per heavy atom. The number of imidazole rings is 1. The summed E-state index contributed by atoms with van der Waals surface area (Å²) in [6.45, 7) is 2.49. The number of aromatic nitrogens is 6. The van der Waals surface area contributed by atoms with Crippen molar-refractivity contribution in [3.05, 3.63) is 36.4 Å². The van der Waals surface area contributed by atoms with Gasteiger partial charge in [-0.05, 0) is 19.1 Å². The molecule has 0 amide bonds. The van der Waals surface area contributed by atoms with Crippen LogP contribution in [0.4, 0.5) is 14.7 Å². The lowest BCUT2D eigenvalue weighted by molar-refractivity contribution is 0.143. The minimum Gasteiger partial charge on any atom is -0.383 e. The summed E-state index contributed by atoms with van der Waals surface area (Å²) < 4.78 is 32.5. The molecule has 8 nitrogen and oxygen atoms in total. The molecule has 2 N–H and O–H groups in total. The number of alkyl halides is 2. The van der Waals surface area contributed by atoms with Crippen molar-refractivity contribution in [3.8, 4) is 11.3 Å². The van der Waals surface area contributed by atoms with Crippen LogP contribution in [0.1, 0.15) is 19.0 Å². The third-order valence-electron chi connectivity index (χ3n) is 4.11. The Kier molecular flexibility index (Phi) is 4.40. The van der Waals surface area contributed by atoms with E-state index in [-0.39, 0.29) is 11.7 Å². The monoisotopic (exact) mass is 373 g/mol. The summed E-state index contributed by atoms with van der Waals surface area (Å²) in [5.41, 5.74) is 1.97. The van der Waals surface area contributed by atoms with Crippen LogP contribution in [0, 0.1) is 0 Å². The molecule has 10 heteroatoms. The zero-order valence-corrected chi connectivity index (χ0v) is 14.6. The number of hydrogen-bond donors (Lipinski definition) is 2. The van der Waals surface area contributed by atoms with Crippen LogP contribution in [-0.2, 0) is 4.74 Å². The Bertz CT molecular complexity index is 1090. The van der Waals surface area contributed by atoms with E-state index in [0.29, 0.717) is 29.5 Å². The van der Waals surface area contributed by atoms with Gasteiger partial charge < -0.3 is 15.0 Å². The topological polar surface area (TPSA) is 93.0 Å². The second-order valence-corrected chi connectivity index (χ2v) is 6.13. The molecule has 0 spiro atoms. The van der Waals surface area contributed by atoms with Gasteiger partial charge in [0.15, 0.2) is 5.65 Å². The number of H-pyrrole nitrogens is 1. The number of ether oxygens (including phenoxy) is 1. The fraction of sp³-hybridized carbons (Fsp3) is 0.294. The number of fused-ring (bicyclic) bond motifs is 2. The van der Waals surface area contributed by atoms with Gasteiger partial charge in [0.05, 0.1) is 18.5 Å². The van der Waals surface area contributed by atoms with Crippen molar-refractivity contribution >= 4 is 22.6 Å². The molecule has 4 heterocycles. The summed E-state index contributed by atoms with van der Waals surface area (Å²) in [6.07, 6.45) is 1.88. The van der Waals surface area contributed by atoms with E-state index in [1.165, 1.54) is 0 Å². The van der Waals surface area contributed by atoms with Crippen molar-refractivity contribution in [2.24, 2.45) is 0 Å². The van der Waals surface area contributed by atoms with Gasteiger partial charge in [0.2, 0.25) is 5.95 Å². The molecule has 0 aliphatic rings. The highest BCUT2D eigenvalue weighted by Gasteiger charge is 2.17. The predicted molar refractivity (Wildman–Crippen MR) is 95.8 cm³/mol. The van der Waals surface area contributed by atoms with Crippen LogP contribution in [0.2, 0.25) is 0 Å². The van der Waals surface area contributed by atoms with Gasteiger partial charge in [0.25, 0.3) is 6.43 Å². The first-order chi connectivity index (χ1) is 13.1. The number of anilines is 1. The fourth-order valence-electron chi connectivity index (χ4n) is 2.88. The van der Waals surface area contributed by atoms with Gasteiger partial charge in [-0.1, -0.05) is 0 Å². The number of halogens is 2. The Morgan fingerprint density at radius 2 is 2.11 bits per heavy atom. The number of nitrogens with zero attached hydrogens (tertiary/aromatic N) is 5. The van der Waals surface area contributed by atoms with E-state index in [1.807, 2.05) is 6.92 Å². The number of hydrogen-bond acceptors (Lipinski definition) is 6. The van der Waals surface area contributed by atoms with Gasteiger partial charge in [0, 0.05) is 36.5 Å². The molecule has 0 bridgehead atoms. The highest BCUT2D eigenvalue weighted by atomic mass is 19.3. The van der Waals surface area contributed by atoms with E-state index < -0.39 is 6.43 Å². The Morgan fingerprint density at radius 3 is 2.89 bits per heavy atom. The first-order valence-corrected chi connectivity index (χ1v) is 8.29. The molecule has 0 saturated carbocycles. The molecule has 0 aromatic carbocycles. The Hall–Kier alpha value is -3.14. The van der Waals surface area contributed by atoms with E-state index >= 15 is 0 Å². The molecule has 4 rings (SSSR count). The molecule has 1 atom stereocenters. The second-order valence-electron chi connectivity index (χ2n) is 6.13. The van der Waals surface area contributed by atoms with Crippen LogP contribution in [-0.4, -0.2) is 49.3 Å². The van der Waals surface area contributed by atoms with Crippen LogP contribution in [0.3, 0.4) is 0 Å². The summed E-state index contributed by atoms with van der Waals surface area (Å²) in [4.78, 5) is 15.8. The minimum atomic E-state index is -2.66. The highest BCUT2D eigenvalue weighted by molar-refractivity contribution is 5.92. The molecule has 0 fully saturated rings. The molecule has 0 saturated heterocycles. The highest BCUT2D eigenvalue weighted by Crippen LogP contribution is 2.27. The van der Waals surface area contributed by atoms with E-state index in [0.717, 1.165) is 21.7 Å². The molecule has 0 aliphatic heterocycles. The standard InChI is InChI=1S/C17H17F2N7O/c1-9(8-27-2)23-17-22-6-11-10(5-21-16(11)24-17)12-3-4-14-20-7-13(15(18)19)26(14)25-12/h3-7,9,15H,8H2,1-2H3,(H2,21,22,23,24)/t9-/m0/s1. The smallest absolute Gasteiger partial charge is 0.282 e. The lowest BCUT2D eigenvalue weighted by Gasteiger charge is -2.12. The fourth-order valence-corrected chi connectivity index (χ4v) is 2.88. The van der Waals surface area contributed by atoms with E-state index in [1.54, 1.807) is 31.6 Å². The predicted octanol–water partition coefficient (Wildman–Crippen LogP) is 3.05. The van der Waals surface area contributed by atoms with E-state index in [4.69, 9.17) is 4.74 Å². The molecule has 27 heavy (non-hydrogen) atoms. The van der Waals surface area contributed by atoms with Crippen molar-refractivity contribution in [1.29, 1.82) is 0 Å². The molecule has 0 aliphatic carbocycles. The number of aromatic amines is 1. The Balaban J connectivity index is 1.72. The minimum absolute atomic E-state index is 0.0555. The first kappa shape index (κ1) is 17.3. The second kappa shape index (κ2) is 6.88. The Labute approximate surface area is 152 Å². The van der Waals surface area contributed by atoms with Gasteiger partial charge in [-0.15, -0.1) is 0 Å². The molecule has 140 valence electrons. The molecular weight excluding hydrogens is 356 g/mol. The molecule has 0 unspecified atom stereocenters. The summed E-state index contributed by atoms with van der Waals surface area (Å²) in [5, 5.41) is 8.20. The number of nitrogens with one attached hydrogen (secondary N) is 2. The summed E-state index contributed by atoms with van der Waals surface area (Å²) >= 11 is 0. The average Bonchev–Trinajstić information content (AvgIpc) is 3.24. The van der Waals surface area contributed by atoms with Gasteiger partial charge in [-0.2, -0.15) is 10.1 Å². The normalized spacial score (nSPS) is 12.9. The third-order valence-corrected chi connectivity index (χ3v) is 4.11. The third kappa shape index (κ3) is 3.19. The summed E-state index contributed by atoms with van der Waals surface area (Å²) in [7, 11) is 1.63. The van der Waals surface area contributed by atoms with Crippen molar-refractivity contribution in [3.63, 3.8) is 0 Å². The van der Waals surface area contributed by atoms with E-state index in [9.17, 15) is 8.78 Å². The summed E-state index contributed by atoms with van der Waals surface area (Å²) in [5.74, 6) is 0.471. The average molecular weight is 373 g/mol. The number of rotatable bonds is 6. The maximum absolute atomic E-state index is 13.1. The van der Waals surface area contributed by atoms with Crippen LogP contribution in [0.5, 0.6) is 0 Å². The lowest BCUT2D eigenvalue weighted by Crippen LogP contribution is -2.22. The van der Waals surface area contributed by atoms with Crippen molar-refractivity contribution in [2.75, 3.05) is 19.0 Å². The largest absolute Gasteiger partial charge is 0.383 e. The van der Waals surface area contributed by atoms with Crippen molar-refractivity contribution in [1.82, 2.24) is 29.5 Å². The van der Waals surface area contributed by atoms with Crippen LogP contribution in [0.25, 0.3) is 27.9 Å². The maximum Gasteiger partial charge on any atom is 0.282 e. The molecular formula is C17H17F2N7O. The quantitative estimate of drug-likeness (QED) is 0.540.